The zero-order chi connectivity index (χ0) is 7.68. The average molecular weight is 166 g/mol. The van der Waals surface area contributed by atoms with Crippen molar-refractivity contribution in [2.45, 2.75) is 6.10 Å². The van der Waals surface area contributed by atoms with Gasteiger partial charge in [0.1, 0.15) is 12.0 Å². The fraction of sp³-hybridized carbons (Fsp3) is 0.143. The van der Waals surface area contributed by atoms with Gasteiger partial charge in [-0.25, -0.2) is 0 Å². The van der Waals surface area contributed by atoms with Crippen molar-refractivity contribution in [1.29, 1.82) is 0 Å². The Hall–Kier alpha value is -1.16. The normalized spacial score (nSPS) is 22.2. The first kappa shape index (κ1) is 6.54. The van der Waals surface area contributed by atoms with Crippen LogP contribution in [0.1, 0.15) is 11.0 Å². The van der Waals surface area contributed by atoms with Crippen molar-refractivity contribution in [1.82, 2.24) is 0 Å². The van der Waals surface area contributed by atoms with E-state index < -0.39 is 6.10 Å². The molecule has 1 aliphatic heterocycles. The summed E-state index contributed by atoms with van der Waals surface area (Å²) >= 11 is 1.48. The fourth-order valence-electron chi connectivity index (χ4n) is 0.853. The molecule has 0 aliphatic carbocycles. The van der Waals surface area contributed by atoms with E-state index in [1.807, 2.05) is 17.5 Å². The van der Waals surface area contributed by atoms with Gasteiger partial charge in [0.2, 0.25) is 0 Å². The zero-order valence-corrected chi connectivity index (χ0v) is 6.30. The minimum atomic E-state index is -0.532. The average Bonchev–Trinajstić information content (AvgIpc) is 2.55. The van der Waals surface area contributed by atoms with Gasteiger partial charge in [0, 0.05) is 11.3 Å². The lowest BCUT2D eigenvalue weighted by Gasteiger charge is -2.10. The van der Waals surface area contributed by atoms with Gasteiger partial charge in [-0.15, -0.1) is 11.3 Å². The van der Waals surface area contributed by atoms with Gasteiger partial charge < -0.3 is 14.5 Å². The van der Waals surface area contributed by atoms with Crippen molar-refractivity contribution in [3.05, 3.63) is 22.4 Å². The highest BCUT2D eigenvalue weighted by molar-refractivity contribution is 7.10. The third-order valence-corrected chi connectivity index (χ3v) is 2.27. The number of amides is 1. The maximum atomic E-state index is 10.9. The largest absolute Gasteiger partial charge is 0.572 e. The summed E-state index contributed by atoms with van der Waals surface area (Å²) in [6.45, 7) is 0. The standard InChI is InChI=1S/C7H4NO2S/c9-7-6(10-4-8-7)5-2-1-3-11-5/h1-3,6H/q-1. The van der Waals surface area contributed by atoms with Gasteiger partial charge in [0.15, 0.2) is 0 Å². The van der Waals surface area contributed by atoms with Crippen LogP contribution in [0.25, 0.3) is 0 Å². The van der Waals surface area contributed by atoms with Gasteiger partial charge in [-0.2, -0.15) is 0 Å². The molecular formula is C7H4NO2S-. The second kappa shape index (κ2) is 2.47. The van der Waals surface area contributed by atoms with Crippen molar-refractivity contribution in [2.24, 2.45) is 4.99 Å². The number of carbonyl (C=O) groups excluding carboxylic acids is 1. The molecule has 0 saturated carbocycles. The first-order valence-corrected chi connectivity index (χ1v) is 3.94. The van der Waals surface area contributed by atoms with Crippen molar-refractivity contribution in [3.63, 3.8) is 0 Å². The molecule has 2 rings (SSSR count). The smallest absolute Gasteiger partial charge is 0.133 e. The lowest BCUT2D eigenvalue weighted by atomic mass is 10.3. The summed E-state index contributed by atoms with van der Waals surface area (Å²) in [6.07, 6.45) is 1.66. The molecule has 1 amide bonds. The van der Waals surface area contributed by atoms with Crippen LogP contribution in [0, 0.1) is 0 Å². The van der Waals surface area contributed by atoms with Gasteiger partial charge >= 0.3 is 0 Å². The predicted octanol–water partition coefficient (Wildman–Crippen LogP) is 1.25. The summed E-state index contributed by atoms with van der Waals surface area (Å²) < 4.78 is 4.85. The molecule has 0 fully saturated rings. The molecule has 3 nitrogen and oxygen atoms in total. The van der Waals surface area contributed by atoms with Gasteiger partial charge in [0.05, 0.1) is 0 Å². The van der Waals surface area contributed by atoms with E-state index >= 15 is 0 Å². The molecule has 0 saturated heterocycles. The van der Waals surface area contributed by atoms with Crippen LogP contribution in [0.4, 0.5) is 0 Å². The highest BCUT2D eigenvalue weighted by Crippen LogP contribution is 2.25. The SMILES string of the molecule is O=C1N=[C-]OC1c1cccs1. The van der Waals surface area contributed by atoms with Crippen LogP contribution in [-0.4, -0.2) is 12.3 Å². The molecular weight excluding hydrogens is 162 g/mol. The molecule has 56 valence electrons. The maximum absolute atomic E-state index is 10.9. The molecule has 0 bridgehead atoms. The number of rotatable bonds is 1. The second-order valence-corrected chi connectivity index (χ2v) is 3.03. The quantitative estimate of drug-likeness (QED) is 0.589. The zero-order valence-electron chi connectivity index (χ0n) is 5.48. The number of carbonyl (C=O) groups is 1. The lowest BCUT2D eigenvalue weighted by Crippen LogP contribution is -2.03. The topological polar surface area (TPSA) is 38.7 Å². The summed E-state index contributed by atoms with van der Waals surface area (Å²) in [5, 5.41) is 1.89. The van der Waals surface area contributed by atoms with Crippen molar-refractivity contribution in [3.8, 4) is 0 Å². The van der Waals surface area contributed by atoms with Gasteiger partial charge in [-0.1, -0.05) is 6.07 Å². The monoisotopic (exact) mass is 166 g/mol. The first-order chi connectivity index (χ1) is 5.38. The summed E-state index contributed by atoms with van der Waals surface area (Å²) in [6, 6.07) is 3.71. The van der Waals surface area contributed by atoms with Crippen molar-refractivity contribution >= 4 is 23.6 Å². The Kier molecular flexibility index (Phi) is 1.47. The lowest BCUT2D eigenvalue weighted by molar-refractivity contribution is -0.122. The van der Waals surface area contributed by atoms with E-state index in [-0.39, 0.29) is 5.91 Å². The highest BCUT2D eigenvalue weighted by atomic mass is 32.1. The first-order valence-electron chi connectivity index (χ1n) is 3.06. The van der Waals surface area contributed by atoms with E-state index in [1.165, 1.54) is 11.3 Å². The van der Waals surface area contributed by atoms with Crippen LogP contribution >= 0.6 is 11.3 Å². The molecule has 0 aromatic carbocycles. The number of hydrogen-bond donors (Lipinski definition) is 0. The third kappa shape index (κ3) is 1.05. The van der Waals surface area contributed by atoms with E-state index in [0.717, 1.165) is 4.88 Å². The van der Waals surface area contributed by atoms with Crippen molar-refractivity contribution in [2.75, 3.05) is 0 Å². The van der Waals surface area contributed by atoms with Crippen LogP contribution in [-0.2, 0) is 9.53 Å². The molecule has 1 aromatic rings. The summed E-state index contributed by atoms with van der Waals surface area (Å²) in [5.41, 5.74) is 0. The Labute approximate surface area is 67.3 Å². The molecule has 4 heteroatoms. The summed E-state index contributed by atoms with van der Waals surface area (Å²) in [7, 11) is 0. The highest BCUT2D eigenvalue weighted by Gasteiger charge is 2.15. The van der Waals surface area contributed by atoms with Crippen LogP contribution in [0.3, 0.4) is 0 Å². The molecule has 0 spiro atoms. The Morgan fingerprint density at radius 1 is 1.73 bits per heavy atom. The second-order valence-electron chi connectivity index (χ2n) is 2.05. The van der Waals surface area contributed by atoms with Crippen LogP contribution in [0.5, 0.6) is 0 Å². The Balaban J connectivity index is 2.26. The molecule has 1 unspecified atom stereocenters. The minimum Gasteiger partial charge on any atom is -0.572 e. The van der Waals surface area contributed by atoms with E-state index in [4.69, 9.17) is 4.74 Å². The third-order valence-electron chi connectivity index (χ3n) is 1.35. The fourth-order valence-corrected chi connectivity index (χ4v) is 1.60. The van der Waals surface area contributed by atoms with Gasteiger partial charge in [-0.3, -0.25) is 0 Å². The maximum Gasteiger partial charge on any atom is 0.133 e. The Morgan fingerprint density at radius 3 is 3.18 bits per heavy atom. The number of ether oxygens (including phenoxy) is 1. The molecule has 0 radical (unpaired) electrons. The summed E-state index contributed by atoms with van der Waals surface area (Å²) in [5.74, 6) is -0.271. The van der Waals surface area contributed by atoms with Crippen molar-refractivity contribution < 1.29 is 9.53 Å². The molecule has 1 aromatic heterocycles. The van der Waals surface area contributed by atoms with Crippen LogP contribution in [0.2, 0.25) is 0 Å². The van der Waals surface area contributed by atoms with Gasteiger partial charge in [-0.05, 0) is 11.4 Å². The number of nitrogens with zero attached hydrogens (tertiary/aromatic N) is 1. The molecule has 0 N–H and O–H groups in total. The number of hydrogen-bond acceptors (Lipinski definition) is 3. The molecule has 2 heterocycles. The van der Waals surface area contributed by atoms with E-state index in [1.54, 1.807) is 0 Å². The number of aliphatic imine (C=N–C) groups is 1. The van der Waals surface area contributed by atoms with Crippen LogP contribution < -0.4 is 0 Å². The molecule has 11 heavy (non-hydrogen) atoms. The molecule has 1 atom stereocenters. The number of thiophene rings is 1. The molecule has 1 aliphatic rings. The van der Waals surface area contributed by atoms with Crippen LogP contribution in [0.15, 0.2) is 22.5 Å². The minimum absolute atomic E-state index is 0.271. The van der Waals surface area contributed by atoms with E-state index in [2.05, 4.69) is 11.4 Å². The van der Waals surface area contributed by atoms with E-state index in [9.17, 15) is 4.79 Å². The van der Waals surface area contributed by atoms with Gasteiger partial charge in [0.25, 0.3) is 0 Å². The summed E-state index contributed by atoms with van der Waals surface area (Å²) in [4.78, 5) is 15.2. The Bertz CT molecular complexity index is 291. The Morgan fingerprint density at radius 2 is 2.64 bits per heavy atom. The predicted molar refractivity (Wildman–Crippen MR) is 40.6 cm³/mol. The van der Waals surface area contributed by atoms with E-state index in [0.29, 0.717) is 0 Å².